The van der Waals surface area contributed by atoms with Crippen LogP contribution in [-0.4, -0.2) is 20.0 Å². The van der Waals surface area contributed by atoms with Crippen molar-refractivity contribution in [2.24, 2.45) is 5.50 Å². The summed E-state index contributed by atoms with van der Waals surface area (Å²) in [5, 5.41) is 11.8. The topological polar surface area (TPSA) is 121 Å². The maximum atomic E-state index is 11.2. The summed E-state index contributed by atoms with van der Waals surface area (Å²) in [6.45, 7) is 0. The second-order valence-corrected chi connectivity index (χ2v) is 5.03. The summed E-state index contributed by atoms with van der Waals surface area (Å²) in [5.41, 5.74) is 6.32. The number of benzene rings is 1. The molecule has 0 aliphatic rings. The van der Waals surface area contributed by atoms with Gasteiger partial charge in [0.2, 0.25) is 0 Å². The lowest BCUT2D eigenvalue weighted by Crippen LogP contribution is -2.05. The van der Waals surface area contributed by atoms with Gasteiger partial charge in [0.25, 0.3) is 0 Å². The number of hydrogen-bond donors (Lipinski definition) is 4. The van der Waals surface area contributed by atoms with E-state index in [1.54, 1.807) is 6.07 Å². The molecule has 1 aromatic heterocycles. The van der Waals surface area contributed by atoms with Crippen molar-refractivity contribution in [1.82, 2.24) is 9.97 Å². The van der Waals surface area contributed by atoms with E-state index in [1.165, 1.54) is 30.7 Å². The highest BCUT2D eigenvalue weighted by Gasteiger charge is 2.15. The van der Waals surface area contributed by atoms with E-state index in [0.29, 0.717) is 16.9 Å². The van der Waals surface area contributed by atoms with Crippen LogP contribution in [0.5, 0.6) is 5.75 Å². The molecule has 1 unspecified atom stereocenters. The number of anilines is 1. The smallest absolute Gasteiger partial charge is 0.360 e. The highest BCUT2D eigenvalue weighted by Crippen LogP contribution is 2.37. The van der Waals surface area contributed by atoms with E-state index in [-0.39, 0.29) is 5.75 Å². The predicted molar refractivity (Wildman–Crippen MR) is 66.8 cm³/mol. The Kier molecular flexibility index (Phi) is 3.29. The summed E-state index contributed by atoms with van der Waals surface area (Å²) in [5.74, 6) is 0.0129. The predicted octanol–water partition coefficient (Wildman–Crippen LogP) is 1.32. The lowest BCUT2D eigenvalue weighted by atomic mass is 10.1. The molecule has 0 bridgehead atoms. The molecule has 1 heterocycles. The molecule has 18 heavy (non-hydrogen) atoms. The first-order valence-corrected chi connectivity index (χ1v) is 6.67. The molecule has 0 fully saturated rings. The van der Waals surface area contributed by atoms with Gasteiger partial charge in [0.1, 0.15) is 12.1 Å². The molecule has 5 N–H and O–H groups in total. The number of aromatic nitrogens is 2. The number of nitrogens with one attached hydrogen (secondary N) is 1. The largest absolute Gasteiger partial charge is 0.508 e. The fraction of sp³-hybridized carbons (Fsp3) is 0. The quantitative estimate of drug-likeness (QED) is 0.488. The van der Waals surface area contributed by atoms with Crippen LogP contribution in [0.15, 0.2) is 36.8 Å². The molecule has 0 saturated carbocycles. The minimum absolute atomic E-state index is 0.0129. The summed E-state index contributed by atoms with van der Waals surface area (Å²) in [4.78, 5) is 16.9. The van der Waals surface area contributed by atoms with Gasteiger partial charge in [-0.25, -0.2) is 20.0 Å². The second kappa shape index (κ2) is 4.73. The van der Waals surface area contributed by atoms with E-state index in [0.717, 1.165) is 0 Å². The number of nitrogens with zero attached hydrogens (tertiary/aromatic N) is 2. The number of nitrogens with two attached hydrogens (primary N) is 1. The number of hydrogen-bond acceptors (Lipinski definition) is 4. The van der Waals surface area contributed by atoms with E-state index in [4.69, 9.17) is 10.4 Å². The Labute approximate surface area is 103 Å². The number of phenolic OH excluding ortho intramolecular Hbond substituents is 1. The lowest BCUT2D eigenvalue weighted by Gasteiger charge is -2.13. The normalized spacial score (nSPS) is 13.9. The highest BCUT2D eigenvalue weighted by molar-refractivity contribution is 7.57. The van der Waals surface area contributed by atoms with Crippen LogP contribution in [0.3, 0.4) is 0 Å². The molecule has 0 aliphatic heterocycles. The Hall–Kier alpha value is -1.95. The minimum atomic E-state index is -3.93. The number of aromatic hydroxyl groups is 1. The van der Waals surface area contributed by atoms with Gasteiger partial charge in [-0.15, -0.1) is 0 Å². The number of rotatable bonds is 3. The standard InChI is InChI=1S/C10H11N4O3P/c11-18(16,17)14-10-2-1-7(15)5-8(10)9-3-4-12-6-13-9/h1-6,15H,(H4,11,14,16,17). The van der Waals surface area contributed by atoms with Gasteiger partial charge in [-0.05, 0) is 24.3 Å². The van der Waals surface area contributed by atoms with Crippen LogP contribution in [0.1, 0.15) is 0 Å². The van der Waals surface area contributed by atoms with Crippen molar-refractivity contribution in [2.45, 2.75) is 0 Å². The van der Waals surface area contributed by atoms with Crippen LogP contribution < -0.4 is 10.6 Å². The molecule has 0 radical (unpaired) electrons. The first kappa shape index (κ1) is 12.5. The van der Waals surface area contributed by atoms with E-state index in [2.05, 4.69) is 15.1 Å². The fourth-order valence-electron chi connectivity index (χ4n) is 1.46. The summed E-state index contributed by atoms with van der Waals surface area (Å²) >= 11 is 0. The Balaban J connectivity index is 2.51. The Morgan fingerprint density at radius 2 is 2.11 bits per heavy atom. The first-order valence-electron chi connectivity index (χ1n) is 4.95. The molecule has 0 amide bonds. The number of phenols is 1. The monoisotopic (exact) mass is 266 g/mol. The van der Waals surface area contributed by atoms with Crippen molar-refractivity contribution in [3.05, 3.63) is 36.8 Å². The van der Waals surface area contributed by atoms with Crippen LogP contribution in [0.25, 0.3) is 11.3 Å². The van der Waals surface area contributed by atoms with Crippen LogP contribution in [0, 0.1) is 0 Å². The molecule has 1 atom stereocenters. The zero-order valence-corrected chi connectivity index (χ0v) is 10.1. The third-order valence-electron chi connectivity index (χ3n) is 2.14. The molecule has 2 aromatic rings. The van der Waals surface area contributed by atoms with Gasteiger partial charge in [-0.1, -0.05) is 0 Å². The fourth-order valence-corrected chi connectivity index (χ4v) is 2.00. The molecular formula is C10H11N4O3P. The Bertz CT molecular complexity index is 599. The maximum Gasteiger partial charge on any atom is 0.360 e. The molecule has 2 rings (SSSR count). The lowest BCUT2D eigenvalue weighted by molar-refractivity contribution is 0.475. The van der Waals surface area contributed by atoms with Gasteiger partial charge in [-0.2, -0.15) is 0 Å². The van der Waals surface area contributed by atoms with Gasteiger partial charge in [0, 0.05) is 11.8 Å². The maximum absolute atomic E-state index is 11.2. The molecular weight excluding hydrogens is 255 g/mol. The third kappa shape index (κ3) is 3.04. The van der Waals surface area contributed by atoms with Gasteiger partial charge < -0.3 is 15.1 Å². The summed E-state index contributed by atoms with van der Waals surface area (Å²) < 4.78 is 11.2. The van der Waals surface area contributed by atoms with Crippen LogP contribution in [-0.2, 0) is 4.57 Å². The Morgan fingerprint density at radius 3 is 2.72 bits per heavy atom. The van der Waals surface area contributed by atoms with E-state index in [1.807, 2.05) is 0 Å². The van der Waals surface area contributed by atoms with Crippen LogP contribution in [0.2, 0.25) is 0 Å². The highest BCUT2D eigenvalue weighted by atomic mass is 31.2. The average Bonchev–Trinajstić information content (AvgIpc) is 2.31. The second-order valence-electron chi connectivity index (χ2n) is 3.56. The molecule has 0 saturated heterocycles. The van der Waals surface area contributed by atoms with Crippen LogP contribution in [0.4, 0.5) is 5.69 Å². The van der Waals surface area contributed by atoms with Crippen molar-refractivity contribution < 1.29 is 14.6 Å². The molecule has 7 nitrogen and oxygen atoms in total. The Morgan fingerprint density at radius 1 is 1.33 bits per heavy atom. The van der Waals surface area contributed by atoms with Crippen LogP contribution >= 0.6 is 7.67 Å². The van der Waals surface area contributed by atoms with E-state index >= 15 is 0 Å². The summed E-state index contributed by atoms with van der Waals surface area (Å²) in [6.07, 6.45) is 2.86. The zero-order chi connectivity index (χ0) is 13.2. The third-order valence-corrected chi connectivity index (χ3v) is 2.70. The van der Waals surface area contributed by atoms with Gasteiger partial charge >= 0.3 is 7.67 Å². The minimum Gasteiger partial charge on any atom is -0.508 e. The molecule has 0 aliphatic carbocycles. The van der Waals surface area contributed by atoms with Crippen molar-refractivity contribution >= 4 is 13.4 Å². The molecule has 0 spiro atoms. The molecule has 94 valence electrons. The summed E-state index contributed by atoms with van der Waals surface area (Å²) in [6, 6.07) is 5.85. The van der Waals surface area contributed by atoms with Crippen molar-refractivity contribution in [2.75, 3.05) is 5.09 Å². The van der Waals surface area contributed by atoms with Gasteiger partial charge in [0.05, 0.1) is 11.4 Å². The zero-order valence-electron chi connectivity index (χ0n) is 9.19. The SMILES string of the molecule is NP(=O)(O)Nc1ccc(O)cc1-c1ccncn1. The van der Waals surface area contributed by atoms with Crippen molar-refractivity contribution in [3.63, 3.8) is 0 Å². The average molecular weight is 266 g/mol. The van der Waals surface area contributed by atoms with Crippen molar-refractivity contribution in [1.29, 1.82) is 0 Å². The van der Waals surface area contributed by atoms with E-state index in [9.17, 15) is 9.67 Å². The van der Waals surface area contributed by atoms with E-state index < -0.39 is 7.67 Å². The molecule has 1 aromatic carbocycles. The first-order chi connectivity index (χ1) is 8.46. The van der Waals surface area contributed by atoms with Gasteiger partial charge in [-0.3, -0.25) is 0 Å². The van der Waals surface area contributed by atoms with Gasteiger partial charge in [0.15, 0.2) is 0 Å². The summed E-state index contributed by atoms with van der Waals surface area (Å²) in [7, 11) is -3.93. The van der Waals surface area contributed by atoms with Crippen molar-refractivity contribution in [3.8, 4) is 17.0 Å². The molecule has 8 heteroatoms.